The molecule has 4 heterocycles. The molecule has 2 aliphatic carbocycles. The van der Waals surface area contributed by atoms with E-state index in [0.717, 1.165) is 43.2 Å². The van der Waals surface area contributed by atoms with Gasteiger partial charge in [0.15, 0.2) is 12.6 Å². The van der Waals surface area contributed by atoms with Crippen molar-refractivity contribution in [1.82, 2.24) is 0 Å². The second-order valence-corrected chi connectivity index (χ2v) is 21.7. The van der Waals surface area contributed by atoms with Crippen LogP contribution in [0.3, 0.4) is 0 Å². The predicted octanol–water partition coefficient (Wildman–Crippen LogP) is 16.0. The second-order valence-electron chi connectivity index (χ2n) is 17.4. The summed E-state index contributed by atoms with van der Waals surface area (Å²) in [6, 6.07) is 58.9. The highest BCUT2D eigenvalue weighted by Crippen LogP contribution is 2.68. The Kier molecular flexibility index (Phi) is 8.99. The fraction of sp³-hybridized carbons (Fsp3) is 0.103. The Bertz CT molecular complexity index is 3170. The molecule has 0 saturated heterocycles. The van der Waals surface area contributed by atoms with E-state index in [-0.39, 0.29) is 0 Å². The molecule has 0 spiro atoms. The molecule has 0 amide bonds. The zero-order valence-electron chi connectivity index (χ0n) is 35.6. The lowest BCUT2D eigenvalue weighted by Gasteiger charge is -2.35. The van der Waals surface area contributed by atoms with Gasteiger partial charge in [0.1, 0.15) is 0 Å². The van der Waals surface area contributed by atoms with Crippen LogP contribution in [0.2, 0.25) is 0 Å². The summed E-state index contributed by atoms with van der Waals surface area (Å²) >= 11 is 7.00. The highest BCUT2D eigenvalue weighted by molar-refractivity contribution is 7.32. The molecule has 0 bridgehead atoms. The number of rotatable bonds is 8. The zero-order chi connectivity index (χ0) is 43.5. The number of carbonyl (C=O) groups excluding carboxylic acids is 2. The first-order valence-corrected chi connectivity index (χ1v) is 24.8. The molecule has 64 heavy (non-hydrogen) atoms. The first kappa shape index (κ1) is 39.3. The Morgan fingerprint density at radius 1 is 0.375 bits per heavy atom. The number of carbonyl (C=O) groups is 2. The van der Waals surface area contributed by atoms with Gasteiger partial charge in [0.25, 0.3) is 0 Å². The summed E-state index contributed by atoms with van der Waals surface area (Å²) in [5.41, 5.74) is 18.6. The van der Waals surface area contributed by atoms with Gasteiger partial charge in [-0.1, -0.05) is 144 Å². The molecule has 0 saturated carbocycles. The van der Waals surface area contributed by atoms with Crippen molar-refractivity contribution in [3.63, 3.8) is 0 Å². The van der Waals surface area contributed by atoms with Crippen LogP contribution >= 0.6 is 45.3 Å². The van der Waals surface area contributed by atoms with E-state index in [2.05, 4.69) is 173 Å². The normalized spacial score (nSPS) is 14.0. The summed E-state index contributed by atoms with van der Waals surface area (Å²) in [7, 11) is 0. The lowest BCUT2D eigenvalue weighted by atomic mass is 9.66. The minimum atomic E-state index is -0.623. The quantitative estimate of drug-likeness (QED) is 0.142. The van der Waals surface area contributed by atoms with Crippen LogP contribution in [0.25, 0.3) is 51.2 Å². The van der Waals surface area contributed by atoms with Gasteiger partial charge in [0.05, 0.1) is 30.0 Å². The molecule has 12 rings (SSSR count). The Hall–Kier alpha value is -6.28. The predicted molar refractivity (Wildman–Crippen MR) is 271 cm³/mol. The molecule has 0 N–H and O–H groups in total. The molecule has 4 aromatic heterocycles. The van der Waals surface area contributed by atoms with Gasteiger partial charge in [-0.2, -0.15) is 0 Å². The third-order valence-electron chi connectivity index (χ3n) is 13.6. The summed E-state index contributed by atoms with van der Waals surface area (Å²) in [6.07, 6.45) is 1.90. The standard InChI is InChI=1S/C58H40O2S4/c1-33-5-15-39(16-6-33)57(40-17-7-34(2)8-18-40)47-29-37(49-27-23-43(31-59)61-49)13-25-45(47)53-51(57)55-56(63-53)52-54(64-55)46-26-14-38(50-28-24-44(32-60)62-50)30-48(46)58(52,41-19-9-35(3)10-20-41)42-21-11-36(4)12-22-42/h5-32H,1-4H3. The second kappa shape index (κ2) is 14.6. The summed E-state index contributed by atoms with van der Waals surface area (Å²) in [5, 5.41) is 0. The van der Waals surface area contributed by atoms with Gasteiger partial charge in [0, 0.05) is 30.6 Å². The average Bonchev–Trinajstić information content (AvgIpc) is 4.18. The molecular formula is C58H40O2S4. The first-order chi connectivity index (χ1) is 31.2. The monoisotopic (exact) mass is 896 g/mol. The number of thiophene rings is 4. The van der Waals surface area contributed by atoms with Gasteiger partial charge in [-0.25, -0.2) is 0 Å². The Morgan fingerprint density at radius 2 is 0.703 bits per heavy atom. The Balaban J connectivity index is 1.22. The maximum Gasteiger partial charge on any atom is 0.160 e. The van der Waals surface area contributed by atoms with E-state index in [1.54, 1.807) is 22.7 Å². The van der Waals surface area contributed by atoms with Crippen LogP contribution in [-0.4, -0.2) is 12.6 Å². The van der Waals surface area contributed by atoms with E-state index < -0.39 is 10.8 Å². The van der Waals surface area contributed by atoms with E-state index in [4.69, 9.17) is 0 Å². The molecular weight excluding hydrogens is 857 g/mol. The molecule has 0 fully saturated rings. The van der Waals surface area contributed by atoms with Crippen LogP contribution in [0.5, 0.6) is 0 Å². The molecule has 10 aromatic rings. The maximum atomic E-state index is 11.9. The number of aryl methyl sites for hydroxylation is 4. The maximum absolute atomic E-state index is 11.9. The van der Waals surface area contributed by atoms with Gasteiger partial charge in [-0.3, -0.25) is 9.59 Å². The van der Waals surface area contributed by atoms with Gasteiger partial charge < -0.3 is 0 Å². The summed E-state index contributed by atoms with van der Waals surface area (Å²) in [4.78, 5) is 30.0. The van der Waals surface area contributed by atoms with E-state index in [1.165, 1.54) is 97.0 Å². The van der Waals surface area contributed by atoms with Crippen LogP contribution in [-0.2, 0) is 10.8 Å². The van der Waals surface area contributed by atoms with E-state index >= 15 is 0 Å². The Morgan fingerprint density at radius 3 is 1.00 bits per heavy atom. The summed E-state index contributed by atoms with van der Waals surface area (Å²) < 4.78 is 2.66. The minimum absolute atomic E-state index is 0.623. The highest BCUT2D eigenvalue weighted by atomic mass is 32.1. The first-order valence-electron chi connectivity index (χ1n) is 21.5. The molecule has 2 nitrogen and oxygen atoms in total. The number of aldehydes is 2. The summed E-state index contributed by atoms with van der Waals surface area (Å²) in [5.74, 6) is 0. The van der Waals surface area contributed by atoms with Crippen molar-refractivity contribution in [2.75, 3.05) is 0 Å². The third-order valence-corrected chi connectivity index (χ3v) is 18.3. The van der Waals surface area contributed by atoms with Crippen molar-refractivity contribution < 1.29 is 9.59 Å². The van der Waals surface area contributed by atoms with Crippen LogP contribution in [0, 0.1) is 27.7 Å². The molecule has 0 radical (unpaired) electrons. The topological polar surface area (TPSA) is 34.1 Å². The molecule has 6 heteroatoms. The third kappa shape index (κ3) is 5.53. The van der Waals surface area contributed by atoms with Crippen molar-refractivity contribution in [2.45, 2.75) is 38.5 Å². The minimum Gasteiger partial charge on any atom is -0.297 e. The van der Waals surface area contributed by atoms with E-state index in [9.17, 15) is 9.59 Å². The molecule has 2 aliphatic rings. The van der Waals surface area contributed by atoms with Crippen LogP contribution in [0.4, 0.5) is 0 Å². The number of fused-ring (bicyclic) bond motifs is 9. The number of hydrogen-bond donors (Lipinski definition) is 0. The average molecular weight is 897 g/mol. The molecule has 6 aromatic carbocycles. The van der Waals surface area contributed by atoms with Crippen LogP contribution < -0.4 is 0 Å². The Labute approximate surface area is 388 Å². The van der Waals surface area contributed by atoms with Gasteiger partial charge >= 0.3 is 0 Å². The molecule has 0 atom stereocenters. The fourth-order valence-corrected chi connectivity index (χ4v) is 15.4. The largest absolute Gasteiger partial charge is 0.297 e. The smallest absolute Gasteiger partial charge is 0.160 e. The van der Waals surface area contributed by atoms with Crippen molar-refractivity contribution in [3.8, 4) is 41.8 Å². The van der Waals surface area contributed by atoms with Crippen molar-refractivity contribution >= 4 is 67.3 Å². The lowest BCUT2D eigenvalue weighted by Crippen LogP contribution is -2.29. The van der Waals surface area contributed by atoms with E-state index in [0.29, 0.717) is 0 Å². The van der Waals surface area contributed by atoms with E-state index in [1.807, 2.05) is 34.8 Å². The van der Waals surface area contributed by atoms with Crippen molar-refractivity contribution in [3.05, 3.63) is 234 Å². The highest BCUT2D eigenvalue weighted by Gasteiger charge is 2.54. The van der Waals surface area contributed by atoms with Crippen molar-refractivity contribution in [1.29, 1.82) is 0 Å². The fourth-order valence-electron chi connectivity index (χ4n) is 10.6. The molecule has 0 unspecified atom stereocenters. The molecule has 0 aliphatic heterocycles. The van der Waals surface area contributed by atoms with Crippen LogP contribution in [0.15, 0.2) is 158 Å². The van der Waals surface area contributed by atoms with Crippen LogP contribution in [0.1, 0.15) is 86.1 Å². The SMILES string of the molecule is Cc1ccc(C2(c3ccc(C)cc3)c3cc(-c4ccc(C=O)s4)ccc3-c3sc4c5c(sc4c32)-c2ccc(-c3ccc(C=O)s3)cc2C5(c2ccc(C)cc2)c2ccc(C)cc2)cc1. The number of hydrogen-bond acceptors (Lipinski definition) is 6. The zero-order valence-corrected chi connectivity index (χ0v) is 38.9. The lowest BCUT2D eigenvalue weighted by molar-refractivity contribution is 0.111. The number of benzene rings is 6. The van der Waals surface area contributed by atoms with Gasteiger partial charge in [-0.15, -0.1) is 45.3 Å². The van der Waals surface area contributed by atoms with Gasteiger partial charge in [-0.05, 0) is 120 Å². The van der Waals surface area contributed by atoms with Crippen molar-refractivity contribution in [2.24, 2.45) is 0 Å². The van der Waals surface area contributed by atoms with Gasteiger partial charge in [0.2, 0.25) is 0 Å². The summed E-state index contributed by atoms with van der Waals surface area (Å²) in [6.45, 7) is 8.67. The molecule has 308 valence electrons.